The van der Waals surface area contributed by atoms with Crippen molar-refractivity contribution in [2.24, 2.45) is 0 Å². The first-order chi connectivity index (χ1) is 13.6. The van der Waals surface area contributed by atoms with Gasteiger partial charge in [0, 0.05) is 23.0 Å². The van der Waals surface area contributed by atoms with E-state index in [1.807, 2.05) is 0 Å². The molecule has 1 N–H and O–H groups in total. The van der Waals surface area contributed by atoms with Gasteiger partial charge in [0.15, 0.2) is 0 Å². The van der Waals surface area contributed by atoms with Gasteiger partial charge in [0.1, 0.15) is 0 Å². The topological polar surface area (TPSA) is 117 Å². The van der Waals surface area contributed by atoms with E-state index in [1.165, 1.54) is 25.3 Å². The molecule has 29 heavy (non-hydrogen) atoms. The van der Waals surface area contributed by atoms with Crippen molar-refractivity contribution < 1.29 is 28.1 Å². The van der Waals surface area contributed by atoms with Crippen molar-refractivity contribution >= 4 is 19.3 Å². The summed E-state index contributed by atoms with van der Waals surface area (Å²) in [7, 11) is -2.63. The molecule has 0 aliphatic carbocycles. The second-order valence-electron chi connectivity index (χ2n) is 7.03. The normalized spacial score (nSPS) is 29.6. The van der Waals surface area contributed by atoms with E-state index in [0.717, 1.165) is 0 Å². The number of ether oxygens (including phenoxy) is 1. The van der Waals surface area contributed by atoms with Crippen LogP contribution in [0.2, 0.25) is 0 Å². The van der Waals surface area contributed by atoms with Gasteiger partial charge in [0.2, 0.25) is 0 Å². The number of hydrogen-bond donors (Lipinski definition) is 1. The number of methoxy groups -OCH3 is 1. The molecule has 2 aliphatic heterocycles. The van der Waals surface area contributed by atoms with Crippen molar-refractivity contribution in [2.75, 3.05) is 7.11 Å². The molecule has 0 amide bonds. The molecule has 2 heterocycles. The van der Waals surface area contributed by atoms with Crippen molar-refractivity contribution in [3.8, 4) is 0 Å². The van der Waals surface area contributed by atoms with Gasteiger partial charge in [-0.3, -0.25) is 23.7 Å². The first-order valence-electron chi connectivity index (χ1n) is 9.08. The Kier molecular flexibility index (Phi) is 5.67. The van der Waals surface area contributed by atoms with Crippen molar-refractivity contribution in [3.05, 3.63) is 62.2 Å². The van der Waals surface area contributed by atoms with Crippen LogP contribution < -0.4 is 5.32 Å². The smallest absolute Gasteiger partial charge is 0.360 e. The van der Waals surface area contributed by atoms with E-state index in [0.29, 0.717) is 11.4 Å². The number of carbonyl (C=O) groups is 1. The first-order valence-corrected chi connectivity index (χ1v) is 10.6. The molecule has 0 saturated carbocycles. The summed E-state index contributed by atoms with van der Waals surface area (Å²) in [6.45, 7) is 6.80. The molecule has 1 aromatic rings. The van der Waals surface area contributed by atoms with Crippen LogP contribution in [0.3, 0.4) is 0 Å². The van der Waals surface area contributed by atoms with Gasteiger partial charge in [-0.1, -0.05) is 18.2 Å². The zero-order valence-corrected chi connectivity index (χ0v) is 17.7. The van der Waals surface area contributed by atoms with E-state index < -0.39 is 36.6 Å². The summed E-state index contributed by atoms with van der Waals surface area (Å²) in [4.78, 5) is 23.8. The highest BCUT2D eigenvalue weighted by atomic mass is 31.2. The summed E-state index contributed by atoms with van der Waals surface area (Å²) >= 11 is 0. The molecular weight excluding hydrogens is 399 g/mol. The van der Waals surface area contributed by atoms with Crippen molar-refractivity contribution in [3.63, 3.8) is 0 Å². The van der Waals surface area contributed by atoms with E-state index >= 15 is 0 Å². The van der Waals surface area contributed by atoms with E-state index in [-0.39, 0.29) is 22.1 Å². The molecule has 0 aromatic heterocycles. The molecule has 9 nitrogen and oxygen atoms in total. The monoisotopic (exact) mass is 422 g/mol. The third-order valence-electron chi connectivity index (χ3n) is 5.14. The second-order valence-corrected chi connectivity index (χ2v) is 8.93. The molecule has 0 bridgehead atoms. The van der Waals surface area contributed by atoms with Crippen LogP contribution in [0.1, 0.15) is 39.2 Å². The minimum absolute atomic E-state index is 0.122. The fourth-order valence-corrected chi connectivity index (χ4v) is 6.22. The van der Waals surface area contributed by atoms with Crippen LogP contribution in [0.5, 0.6) is 0 Å². The number of dihydropyridines is 1. The maximum Gasteiger partial charge on any atom is 0.360 e. The van der Waals surface area contributed by atoms with Crippen LogP contribution in [-0.2, 0) is 23.1 Å². The molecular formula is C19H23N2O7P. The Balaban J connectivity index is 2.30. The lowest BCUT2D eigenvalue weighted by Crippen LogP contribution is -2.29. The largest absolute Gasteiger partial charge is 0.466 e. The summed E-state index contributed by atoms with van der Waals surface area (Å²) in [5, 5.41) is 14.9. The van der Waals surface area contributed by atoms with Gasteiger partial charge >= 0.3 is 13.6 Å². The van der Waals surface area contributed by atoms with E-state index in [4.69, 9.17) is 13.8 Å². The van der Waals surface area contributed by atoms with Crippen molar-refractivity contribution in [1.29, 1.82) is 0 Å². The highest BCUT2D eigenvalue weighted by Crippen LogP contribution is 2.68. The number of rotatable bonds is 4. The van der Waals surface area contributed by atoms with Crippen molar-refractivity contribution in [1.82, 2.24) is 5.32 Å². The van der Waals surface area contributed by atoms with Crippen LogP contribution in [0.25, 0.3) is 0 Å². The average molecular weight is 422 g/mol. The lowest BCUT2D eigenvalue weighted by atomic mass is 9.85. The second kappa shape index (κ2) is 7.74. The SMILES string of the molecule is COC(=O)C1=C(C)NC(C)=C(P2(=O)OC(C)C(C)O2)C1c1ccccc1[N+](=O)[O-]. The Morgan fingerprint density at radius 1 is 1.17 bits per heavy atom. The lowest BCUT2D eigenvalue weighted by molar-refractivity contribution is -0.385. The van der Waals surface area contributed by atoms with E-state index in [2.05, 4.69) is 5.32 Å². The lowest BCUT2D eigenvalue weighted by Gasteiger charge is -2.32. The zero-order chi connectivity index (χ0) is 21.5. The van der Waals surface area contributed by atoms with Crippen LogP contribution >= 0.6 is 7.60 Å². The van der Waals surface area contributed by atoms with Gasteiger partial charge in [-0.25, -0.2) is 4.79 Å². The minimum Gasteiger partial charge on any atom is -0.466 e. The number of nitrogens with zero attached hydrogens (tertiary/aromatic N) is 1. The highest BCUT2D eigenvalue weighted by Gasteiger charge is 2.51. The summed E-state index contributed by atoms with van der Waals surface area (Å²) in [6.07, 6.45) is -0.887. The first kappa shape index (κ1) is 21.2. The van der Waals surface area contributed by atoms with Gasteiger partial charge in [-0.15, -0.1) is 0 Å². The number of nitrogens with one attached hydrogen (secondary N) is 1. The number of hydrogen-bond acceptors (Lipinski definition) is 8. The number of carbonyl (C=O) groups excluding carboxylic acids is 1. The Labute approximate surface area is 168 Å². The zero-order valence-electron chi connectivity index (χ0n) is 16.8. The molecule has 10 heteroatoms. The number of nitro groups is 1. The Morgan fingerprint density at radius 3 is 2.31 bits per heavy atom. The van der Waals surface area contributed by atoms with Crippen LogP contribution in [0.15, 0.2) is 46.5 Å². The molecule has 0 spiro atoms. The van der Waals surface area contributed by atoms with Crippen molar-refractivity contribution in [2.45, 2.75) is 45.8 Å². The Hall–Kier alpha value is -2.48. The maximum atomic E-state index is 13.7. The summed E-state index contributed by atoms with van der Waals surface area (Å²) in [5.74, 6) is -1.70. The van der Waals surface area contributed by atoms with E-state index in [1.54, 1.807) is 33.8 Å². The van der Waals surface area contributed by atoms with E-state index in [9.17, 15) is 19.5 Å². The predicted octanol–water partition coefficient (Wildman–Crippen LogP) is 3.98. The standard InChI is InChI=1S/C19H23N2O7P/c1-10-16(19(22)26-5)17(14-8-6-7-9-15(14)21(23)24)18(11(2)20-10)29(25)27-12(3)13(4)28-29/h6-9,12-13,17,20H,1-5H3. The molecule has 3 atom stereocenters. The highest BCUT2D eigenvalue weighted by molar-refractivity contribution is 7.58. The number of para-hydroxylation sites is 1. The third kappa shape index (κ3) is 3.61. The molecule has 0 radical (unpaired) electrons. The van der Waals surface area contributed by atoms with Crippen LogP contribution in [0, 0.1) is 10.1 Å². The fraction of sp³-hybridized carbons (Fsp3) is 0.421. The minimum atomic E-state index is -3.85. The number of benzene rings is 1. The predicted molar refractivity (Wildman–Crippen MR) is 105 cm³/mol. The summed E-state index contributed by atoms with van der Waals surface area (Å²) in [6, 6.07) is 6.03. The fourth-order valence-electron chi connectivity index (χ4n) is 3.68. The molecule has 1 aromatic carbocycles. The molecule has 1 saturated heterocycles. The number of esters is 1. The number of allylic oxidation sites excluding steroid dienone is 3. The quantitative estimate of drug-likeness (QED) is 0.335. The Bertz CT molecular complexity index is 971. The molecule has 1 fully saturated rings. The van der Waals surface area contributed by atoms with Gasteiger partial charge in [0.25, 0.3) is 5.69 Å². The average Bonchev–Trinajstić information content (AvgIpc) is 2.92. The third-order valence-corrected chi connectivity index (χ3v) is 7.55. The maximum absolute atomic E-state index is 13.7. The molecule has 3 rings (SSSR count). The van der Waals surface area contributed by atoms with Crippen LogP contribution in [0.4, 0.5) is 5.69 Å². The molecule has 2 aliphatic rings. The van der Waals surface area contributed by atoms with Crippen LogP contribution in [-0.4, -0.2) is 30.2 Å². The van der Waals surface area contributed by atoms with Gasteiger partial charge < -0.3 is 10.1 Å². The van der Waals surface area contributed by atoms with Gasteiger partial charge in [0.05, 0.1) is 41.0 Å². The van der Waals surface area contributed by atoms with Gasteiger partial charge in [-0.2, -0.15) is 0 Å². The summed E-state index contributed by atoms with van der Waals surface area (Å²) < 4.78 is 30.1. The number of nitro benzene ring substituents is 1. The molecule has 3 unspecified atom stereocenters. The Morgan fingerprint density at radius 2 is 1.76 bits per heavy atom. The van der Waals surface area contributed by atoms with Gasteiger partial charge in [-0.05, 0) is 27.7 Å². The molecule has 156 valence electrons. The summed E-state index contributed by atoms with van der Waals surface area (Å²) in [5.41, 5.74) is 1.04.